The van der Waals surface area contributed by atoms with E-state index in [0.717, 1.165) is 52.1 Å². The fourth-order valence-corrected chi connectivity index (χ4v) is 2.61. The first kappa shape index (κ1) is 18.4. The molecule has 0 aliphatic rings. The second-order valence-electron chi connectivity index (χ2n) is 3.14. The van der Waals surface area contributed by atoms with Crippen molar-refractivity contribution in [2.45, 2.75) is 20.0 Å². The smallest absolute Gasteiger partial charge is 0.410 e. The van der Waals surface area contributed by atoms with Gasteiger partial charge in [0.25, 0.3) is 1.68 Å². The number of halogens is 5. The number of alkyl halides is 5. The molecule has 0 radical (unpaired) electrons. The van der Waals surface area contributed by atoms with E-state index in [-0.39, 0.29) is 5.57 Å². The minimum Gasteiger partial charge on any atom is -0.446 e. The SMILES string of the molecule is C=C(C)C(=O)OC(C(F)(I)I)C(F)(F)S(=O)(=O)O. The highest BCUT2D eigenvalue weighted by Gasteiger charge is 2.62. The first-order valence-corrected chi connectivity index (χ1v) is 7.59. The van der Waals surface area contributed by atoms with Gasteiger partial charge in [-0.05, 0) is 52.1 Å². The minimum atomic E-state index is -5.95. The first-order valence-electron chi connectivity index (χ1n) is 3.99. The number of esters is 1. The van der Waals surface area contributed by atoms with Gasteiger partial charge in [0.2, 0.25) is 6.10 Å². The van der Waals surface area contributed by atoms with Crippen molar-refractivity contribution in [3.63, 3.8) is 0 Å². The molecule has 106 valence electrons. The number of carbonyl (C=O) groups excluding carboxylic acids is 1. The van der Waals surface area contributed by atoms with E-state index in [0.29, 0.717) is 0 Å². The molecule has 0 aliphatic heterocycles. The van der Waals surface area contributed by atoms with Gasteiger partial charge in [0.05, 0.1) is 0 Å². The van der Waals surface area contributed by atoms with Crippen molar-refractivity contribution < 1.29 is 35.7 Å². The van der Waals surface area contributed by atoms with Crippen LogP contribution in [-0.4, -0.2) is 32.0 Å². The Kier molecular flexibility index (Phi) is 5.90. The van der Waals surface area contributed by atoms with E-state index in [4.69, 9.17) is 4.55 Å². The number of hydrogen-bond donors (Lipinski definition) is 1. The van der Waals surface area contributed by atoms with Crippen LogP contribution in [0.3, 0.4) is 0 Å². The minimum absolute atomic E-state index is 0.330. The summed E-state index contributed by atoms with van der Waals surface area (Å²) in [7, 11) is -5.95. The molecule has 1 atom stereocenters. The van der Waals surface area contributed by atoms with Crippen LogP contribution in [0.5, 0.6) is 0 Å². The number of carbonyl (C=O) groups is 1. The highest BCUT2D eigenvalue weighted by molar-refractivity contribution is 14.2. The third-order valence-corrected chi connectivity index (χ3v) is 3.55. The van der Waals surface area contributed by atoms with Gasteiger partial charge in [-0.2, -0.15) is 17.2 Å². The lowest BCUT2D eigenvalue weighted by atomic mass is 10.3. The predicted molar refractivity (Wildman–Crippen MR) is 73.1 cm³/mol. The van der Waals surface area contributed by atoms with E-state index in [2.05, 4.69) is 11.3 Å². The summed E-state index contributed by atoms with van der Waals surface area (Å²) < 4.78 is 70.6. The lowest BCUT2D eigenvalue weighted by Crippen LogP contribution is -2.50. The normalized spacial score (nSPS) is 15.1. The van der Waals surface area contributed by atoms with E-state index in [1.54, 1.807) is 0 Å². The average Bonchev–Trinajstić information content (AvgIpc) is 2.09. The largest absolute Gasteiger partial charge is 0.446 e. The molecular formula is C7H7F3I2O5S. The summed E-state index contributed by atoms with van der Waals surface area (Å²) in [6, 6.07) is 0. The second-order valence-corrected chi connectivity index (χ2v) is 9.84. The fraction of sp³-hybridized carbons (Fsp3) is 0.571. The van der Waals surface area contributed by atoms with Crippen molar-refractivity contribution in [1.29, 1.82) is 0 Å². The molecule has 0 spiro atoms. The number of ether oxygens (including phenoxy) is 1. The van der Waals surface area contributed by atoms with Gasteiger partial charge in [0, 0.05) is 5.57 Å². The molecule has 0 rings (SSSR count). The molecule has 5 nitrogen and oxygen atoms in total. The zero-order valence-electron chi connectivity index (χ0n) is 8.66. The van der Waals surface area contributed by atoms with Crippen LogP contribution in [0.1, 0.15) is 6.92 Å². The predicted octanol–water partition coefficient (Wildman–Crippen LogP) is 2.45. The molecule has 0 heterocycles. The number of rotatable bonds is 5. The molecule has 0 aliphatic carbocycles. The molecular weight excluding hydrogens is 507 g/mol. The summed E-state index contributed by atoms with van der Waals surface area (Å²) in [6.45, 7) is 4.18. The van der Waals surface area contributed by atoms with E-state index < -0.39 is 29.1 Å². The molecule has 0 bridgehead atoms. The Labute approximate surface area is 128 Å². The molecule has 18 heavy (non-hydrogen) atoms. The van der Waals surface area contributed by atoms with E-state index in [9.17, 15) is 26.4 Å². The standard InChI is InChI=1S/C7H7F3I2O5S/c1-3(2)4(13)17-5(7(10,11)12)6(8,9)18(14,15)16/h5H,1H2,2H3,(H,14,15,16). The van der Waals surface area contributed by atoms with E-state index >= 15 is 0 Å². The summed E-state index contributed by atoms with van der Waals surface area (Å²) >= 11 is 1.64. The van der Waals surface area contributed by atoms with Crippen molar-refractivity contribution in [3.05, 3.63) is 12.2 Å². The Morgan fingerprint density at radius 3 is 2.00 bits per heavy atom. The van der Waals surface area contributed by atoms with Gasteiger partial charge in [0.15, 0.2) is 0 Å². The third kappa shape index (κ3) is 4.48. The Balaban J connectivity index is 5.55. The lowest BCUT2D eigenvalue weighted by Gasteiger charge is -2.28. The molecule has 11 heteroatoms. The fourth-order valence-electron chi connectivity index (χ4n) is 0.669. The van der Waals surface area contributed by atoms with Gasteiger partial charge < -0.3 is 4.74 Å². The topological polar surface area (TPSA) is 80.7 Å². The van der Waals surface area contributed by atoms with Crippen LogP contribution in [0.2, 0.25) is 0 Å². The monoisotopic (exact) mass is 514 g/mol. The van der Waals surface area contributed by atoms with E-state index in [1.807, 2.05) is 0 Å². The zero-order valence-corrected chi connectivity index (χ0v) is 13.8. The van der Waals surface area contributed by atoms with Crippen molar-refractivity contribution in [2.75, 3.05) is 0 Å². The Morgan fingerprint density at radius 1 is 1.39 bits per heavy atom. The summed E-state index contributed by atoms with van der Waals surface area (Å²) in [5.74, 6) is -1.40. The number of hydrogen-bond acceptors (Lipinski definition) is 4. The van der Waals surface area contributed by atoms with Crippen LogP contribution in [0, 0.1) is 0 Å². The summed E-state index contributed by atoms with van der Waals surface area (Å²) in [5.41, 5.74) is -0.330. The van der Waals surface area contributed by atoms with Crippen molar-refractivity contribution in [1.82, 2.24) is 0 Å². The van der Waals surface area contributed by atoms with E-state index in [1.165, 1.54) is 0 Å². The first-order chi connectivity index (χ1) is 7.71. The lowest BCUT2D eigenvalue weighted by molar-refractivity contribution is -0.160. The molecule has 0 saturated carbocycles. The maximum Gasteiger partial charge on any atom is 0.410 e. The van der Waals surface area contributed by atoms with Gasteiger partial charge in [-0.15, -0.1) is 0 Å². The van der Waals surface area contributed by atoms with Gasteiger partial charge in [-0.1, -0.05) is 6.58 Å². The molecule has 0 amide bonds. The molecule has 0 aromatic rings. The Bertz CT molecular complexity index is 456. The highest BCUT2D eigenvalue weighted by Crippen LogP contribution is 2.44. The molecule has 0 saturated heterocycles. The summed E-state index contributed by atoms with van der Waals surface area (Å²) in [4.78, 5) is 11.1. The maximum absolute atomic E-state index is 13.5. The third-order valence-electron chi connectivity index (χ3n) is 1.52. The van der Waals surface area contributed by atoms with Crippen LogP contribution in [0.4, 0.5) is 13.2 Å². The molecule has 0 aromatic heterocycles. The van der Waals surface area contributed by atoms with Crippen molar-refractivity contribution in [2.24, 2.45) is 0 Å². The highest BCUT2D eigenvalue weighted by atomic mass is 127. The van der Waals surface area contributed by atoms with Gasteiger partial charge in [-0.25, -0.2) is 9.18 Å². The molecule has 1 unspecified atom stereocenters. The molecule has 0 aromatic carbocycles. The van der Waals surface area contributed by atoms with Crippen LogP contribution >= 0.6 is 45.2 Å². The average molecular weight is 514 g/mol. The van der Waals surface area contributed by atoms with Crippen molar-refractivity contribution in [3.8, 4) is 0 Å². The molecule has 0 fully saturated rings. The van der Waals surface area contributed by atoms with Crippen molar-refractivity contribution >= 4 is 61.3 Å². The summed E-state index contributed by atoms with van der Waals surface area (Å²) in [6.07, 6.45) is -3.02. The maximum atomic E-state index is 13.5. The quantitative estimate of drug-likeness (QED) is 0.201. The van der Waals surface area contributed by atoms with Gasteiger partial charge >= 0.3 is 21.3 Å². The van der Waals surface area contributed by atoms with Crippen LogP contribution in [-0.2, 0) is 19.6 Å². The van der Waals surface area contributed by atoms with Gasteiger partial charge in [-0.3, -0.25) is 4.55 Å². The van der Waals surface area contributed by atoms with Crippen LogP contribution < -0.4 is 0 Å². The van der Waals surface area contributed by atoms with Crippen LogP contribution in [0.25, 0.3) is 0 Å². The second kappa shape index (κ2) is 5.78. The zero-order chi connectivity index (χ0) is 14.9. The Morgan fingerprint density at radius 2 is 1.78 bits per heavy atom. The summed E-state index contributed by atoms with van der Waals surface area (Å²) in [5, 5.41) is -4.99. The molecule has 1 N–H and O–H groups in total. The Hall–Kier alpha value is 0.370. The van der Waals surface area contributed by atoms with Crippen LogP contribution in [0.15, 0.2) is 12.2 Å². The van der Waals surface area contributed by atoms with Gasteiger partial charge in [0.1, 0.15) is 0 Å².